The molecule has 0 saturated heterocycles. The fourth-order valence-corrected chi connectivity index (χ4v) is 3.16. The van der Waals surface area contributed by atoms with Crippen LogP contribution in [-0.4, -0.2) is 17.8 Å². The Balaban J connectivity index is 2.15. The van der Waals surface area contributed by atoms with Crippen LogP contribution in [0.25, 0.3) is 10.9 Å². The van der Waals surface area contributed by atoms with E-state index < -0.39 is 12.2 Å². The molecule has 134 valence electrons. The Labute approximate surface area is 153 Å². The Hall–Kier alpha value is -2.49. The van der Waals surface area contributed by atoms with Gasteiger partial charge in [0.25, 0.3) is 0 Å². The molecular formula is C19H15ClF3N3. The number of rotatable bonds is 4. The Morgan fingerprint density at radius 3 is 2.46 bits per heavy atom. The quantitative estimate of drug-likeness (QED) is 0.692. The highest BCUT2D eigenvalue weighted by Crippen LogP contribution is 2.37. The van der Waals surface area contributed by atoms with E-state index in [4.69, 9.17) is 16.9 Å². The standard InChI is InChI=1S/C19H15ClF3N3/c1-25-18(19(21,22)23)16-11-26(10-12-2-5-14(20)6-3-12)17-8-13(9-24)4-7-15(16)17/h2-8,11,18,25H,10H2,1H3. The molecule has 0 radical (unpaired) electrons. The van der Waals surface area contributed by atoms with Crippen molar-refractivity contribution in [2.75, 3.05) is 7.05 Å². The van der Waals surface area contributed by atoms with Crippen LogP contribution >= 0.6 is 11.6 Å². The van der Waals surface area contributed by atoms with E-state index in [1.807, 2.05) is 18.2 Å². The molecule has 0 aliphatic carbocycles. The highest BCUT2D eigenvalue weighted by Gasteiger charge is 2.41. The van der Waals surface area contributed by atoms with Crippen LogP contribution in [0.4, 0.5) is 13.2 Å². The zero-order valence-electron chi connectivity index (χ0n) is 13.8. The van der Waals surface area contributed by atoms with Gasteiger partial charge in [-0.15, -0.1) is 0 Å². The van der Waals surface area contributed by atoms with E-state index in [-0.39, 0.29) is 5.56 Å². The second kappa shape index (κ2) is 7.02. The van der Waals surface area contributed by atoms with E-state index in [0.717, 1.165) is 5.56 Å². The molecule has 0 spiro atoms. The molecule has 1 aromatic heterocycles. The molecular weight excluding hydrogens is 363 g/mol. The van der Waals surface area contributed by atoms with Gasteiger partial charge in [-0.25, -0.2) is 0 Å². The summed E-state index contributed by atoms with van der Waals surface area (Å²) in [6.07, 6.45) is -2.93. The molecule has 1 atom stereocenters. The molecule has 3 nitrogen and oxygen atoms in total. The summed E-state index contributed by atoms with van der Waals surface area (Å²) in [7, 11) is 1.28. The summed E-state index contributed by atoms with van der Waals surface area (Å²) in [6.45, 7) is 0.372. The molecule has 2 aromatic carbocycles. The predicted octanol–water partition coefficient (Wildman–Crippen LogP) is 5.04. The molecule has 3 rings (SSSR count). The molecule has 0 fully saturated rings. The first-order chi connectivity index (χ1) is 12.3. The molecule has 0 aliphatic heterocycles. The Morgan fingerprint density at radius 2 is 1.88 bits per heavy atom. The van der Waals surface area contributed by atoms with Crippen LogP contribution in [0.15, 0.2) is 48.7 Å². The third kappa shape index (κ3) is 3.55. The Morgan fingerprint density at radius 1 is 1.19 bits per heavy atom. The summed E-state index contributed by atoms with van der Waals surface area (Å²) in [4.78, 5) is 0. The van der Waals surface area contributed by atoms with Gasteiger partial charge >= 0.3 is 6.18 Å². The van der Waals surface area contributed by atoms with E-state index in [9.17, 15) is 13.2 Å². The number of nitriles is 1. The smallest absolute Gasteiger partial charge is 0.343 e. The maximum absolute atomic E-state index is 13.4. The molecule has 1 heterocycles. The van der Waals surface area contributed by atoms with E-state index in [1.54, 1.807) is 28.8 Å². The van der Waals surface area contributed by atoms with Crippen molar-refractivity contribution in [2.24, 2.45) is 0 Å². The minimum atomic E-state index is -4.43. The first-order valence-corrected chi connectivity index (χ1v) is 8.22. The third-order valence-corrected chi connectivity index (χ3v) is 4.49. The van der Waals surface area contributed by atoms with Gasteiger partial charge in [0.2, 0.25) is 0 Å². The first kappa shape index (κ1) is 18.3. The van der Waals surface area contributed by atoms with Crippen molar-refractivity contribution in [3.63, 3.8) is 0 Å². The fraction of sp³-hybridized carbons (Fsp3) is 0.211. The largest absolute Gasteiger partial charge is 0.407 e. The van der Waals surface area contributed by atoms with Crippen molar-refractivity contribution >= 4 is 22.5 Å². The summed E-state index contributed by atoms with van der Waals surface area (Å²) in [5.74, 6) is 0. The monoisotopic (exact) mass is 377 g/mol. The first-order valence-electron chi connectivity index (χ1n) is 7.85. The van der Waals surface area contributed by atoms with Gasteiger partial charge in [-0.05, 0) is 36.9 Å². The van der Waals surface area contributed by atoms with Crippen molar-refractivity contribution in [3.8, 4) is 6.07 Å². The number of hydrogen-bond acceptors (Lipinski definition) is 2. The minimum absolute atomic E-state index is 0.133. The Bertz CT molecular complexity index is 969. The van der Waals surface area contributed by atoms with E-state index in [0.29, 0.717) is 28.0 Å². The summed E-state index contributed by atoms with van der Waals surface area (Å²) < 4.78 is 42.0. The number of alkyl halides is 3. The molecule has 7 heteroatoms. The van der Waals surface area contributed by atoms with Crippen LogP contribution in [0.1, 0.15) is 22.7 Å². The summed E-state index contributed by atoms with van der Waals surface area (Å²) in [6, 6.07) is 12.1. The van der Waals surface area contributed by atoms with Crippen LogP contribution in [0.3, 0.4) is 0 Å². The molecule has 3 aromatic rings. The number of nitrogens with zero attached hydrogens (tertiary/aromatic N) is 2. The van der Waals surface area contributed by atoms with Crippen molar-refractivity contribution < 1.29 is 13.2 Å². The van der Waals surface area contributed by atoms with Crippen LogP contribution < -0.4 is 5.32 Å². The van der Waals surface area contributed by atoms with E-state index in [1.165, 1.54) is 19.3 Å². The minimum Gasteiger partial charge on any atom is -0.343 e. The zero-order valence-corrected chi connectivity index (χ0v) is 14.6. The topological polar surface area (TPSA) is 40.8 Å². The SMILES string of the molecule is CNC(c1cn(Cc2ccc(Cl)cc2)c2cc(C#N)ccc12)C(F)(F)F. The zero-order chi connectivity index (χ0) is 18.9. The van der Waals surface area contributed by atoms with Crippen molar-refractivity contribution in [1.29, 1.82) is 5.26 Å². The number of benzene rings is 2. The number of fused-ring (bicyclic) bond motifs is 1. The van der Waals surface area contributed by atoms with Crippen LogP contribution in [0.2, 0.25) is 5.02 Å². The molecule has 0 saturated carbocycles. The van der Waals surface area contributed by atoms with Crippen LogP contribution in [-0.2, 0) is 6.54 Å². The lowest BCUT2D eigenvalue weighted by Gasteiger charge is -2.19. The number of nitrogens with one attached hydrogen (secondary N) is 1. The van der Waals surface area contributed by atoms with E-state index in [2.05, 4.69) is 5.32 Å². The van der Waals surface area contributed by atoms with Gasteiger partial charge in [0.15, 0.2) is 0 Å². The van der Waals surface area contributed by atoms with Gasteiger partial charge in [-0.3, -0.25) is 0 Å². The van der Waals surface area contributed by atoms with Gasteiger partial charge in [-0.2, -0.15) is 18.4 Å². The number of halogens is 4. The molecule has 26 heavy (non-hydrogen) atoms. The second-order valence-electron chi connectivity index (χ2n) is 5.95. The molecule has 1 unspecified atom stereocenters. The fourth-order valence-electron chi connectivity index (χ4n) is 3.03. The van der Waals surface area contributed by atoms with Gasteiger partial charge in [0, 0.05) is 34.2 Å². The van der Waals surface area contributed by atoms with Gasteiger partial charge in [-0.1, -0.05) is 29.8 Å². The average molecular weight is 378 g/mol. The van der Waals surface area contributed by atoms with Gasteiger partial charge in [0.05, 0.1) is 11.6 Å². The van der Waals surface area contributed by atoms with Gasteiger partial charge in [0.1, 0.15) is 6.04 Å². The van der Waals surface area contributed by atoms with Crippen molar-refractivity contribution in [1.82, 2.24) is 9.88 Å². The highest BCUT2D eigenvalue weighted by molar-refractivity contribution is 6.30. The van der Waals surface area contributed by atoms with Crippen molar-refractivity contribution in [2.45, 2.75) is 18.8 Å². The lowest BCUT2D eigenvalue weighted by molar-refractivity contribution is -0.156. The Kier molecular flexibility index (Phi) is 4.94. The second-order valence-corrected chi connectivity index (χ2v) is 6.38. The normalized spacial score (nSPS) is 12.9. The number of aromatic nitrogens is 1. The summed E-state index contributed by atoms with van der Waals surface area (Å²) in [5, 5.41) is 12.5. The number of hydrogen-bond donors (Lipinski definition) is 1. The maximum Gasteiger partial charge on any atom is 0.407 e. The maximum atomic E-state index is 13.4. The van der Waals surface area contributed by atoms with Crippen molar-refractivity contribution in [3.05, 3.63) is 70.4 Å². The molecule has 1 N–H and O–H groups in total. The summed E-state index contributed by atoms with van der Waals surface area (Å²) in [5.41, 5.74) is 2.01. The predicted molar refractivity (Wildman–Crippen MR) is 95.1 cm³/mol. The third-order valence-electron chi connectivity index (χ3n) is 4.24. The lowest BCUT2D eigenvalue weighted by atomic mass is 10.0. The lowest BCUT2D eigenvalue weighted by Crippen LogP contribution is -2.31. The van der Waals surface area contributed by atoms with Crippen LogP contribution in [0.5, 0.6) is 0 Å². The molecule has 0 aliphatic rings. The summed E-state index contributed by atoms with van der Waals surface area (Å²) >= 11 is 5.89. The molecule has 0 amide bonds. The average Bonchev–Trinajstić information content (AvgIpc) is 2.94. The molecule has 0 bridgehead atoms. The van der Waals surface area contributed by atoms with E-state index >= 15 is 0 Å². The highest BCUT2D eigenvalue weighted by atomic mass is 35.5. The van der Waals surface area contributed by atoms with Gasteiger partial charge < -0.3 is 9.88 Å². The van der Waals surface area contributed by atoms with Crippen LogP contribution in [0, 0.1) is 11.3 Å².